The van der Waals surface area contributed by atoms with Gasteiger partial charge in [0.05, 0.1) is 11.6 Å². The molecule has 0 spiro atoms. The van der Waals surface area contributed by atoms with Gasteiger partial charge in [0.15, 0.2) is 5.01 Å². The molecule has 3 aromatic rings. The molecular formula is C22H24ClN3O2S. The minimum Gasteiger partial charge on any atom is -0.492 e. The van der Waals surface area contributed by atoms with E-state index in [1.165, 1.54) is 11.3 Å². The Labute approximate surface area is 180 Å². The topological polar surface area (TPSA) is 64.1 Å². The van der Waals surface area contributed by atoms with E-state index in [1.807, 2.05) is 30.3 Å². The lowest BCUT2D eigenvalue weighted by molar-refractivity contribution is 0.102. The molecule has 2 heterocycles. The van der Waals surface area contributed by atoms with E-state index in [9.17, 15) is 4.79 Å². The van der Waals surface area contributed by atoms with E-state index < -0.39 is 0 Å². The number of aromatic nitrogens is 2. The van der Waals surface area contributed by atoms with Gasteiger partial charge in [-0.15, -0.1) is 11.3 Å². The molecule has 1 atom stereocenters. The molecule has 1 amide bonds. The molecule has 0 aliphatic heterocycles. The number of ether oxygens (including phenoxy) is 1. The number of amides is 1. The third-order valence-electron chi connectivity index (χ3n) is 4.29. The summed E-state index contributed by atoms with van der Waals surface area (Å²) in [7, 11) is 0. The lowest BCUT2D eigenvalue weighted by Gasteiger charge is -2.16. The molecule has 0 saturated heterocycles. The van der Waals surface area contributed by atoms with Gasteiger partial charge < -0.3 is 10.1 Å². The lowest BCUT2D eigenvalue weighted by atomic mass is 10.00. The summed E-state index contributed by atoms with van der Waals surface area (Å²) < 4.78 is 5.90. The number of carbonyl (C=O) groups is 1. The van der Waals surface area contributed by atoms with Crippen molar-refractivity contribution in [3.63, 3.8) is 0 Å². The molecule has 0 aliphatic rings. The normalized spacial score (nSPS) is 12.0. The lowest BCUT2D eigenvalue weighted by Crippen LogP contribution is -2.12. The Balaban J connectivity index is 1.69. The minimum atomic E-state index is -0.276. The number of carbonyl (C=O) groups excluding carboxylic acids is 1. The molecule has 0 fully saturated rings. The Morgan fingerprint density at radius 2 is 1.93 bits per heavy atom. The fourth-order valence-corrected chi connectivity index (χ4v) is 3.85. The second-order valence-corrected chi connectivity index (χ2v) is 8.71. The highest BCUT2D eigenvalue weighted by Gasteiger charge is 2.12. The maximum Gasteiger partial charge on any atom is 0.285 e. The molecule has 0 bridgehead atoms. The van der Waals surface area contributed by atoms with Crippen LogP contribution in [-0.4, -0.2) is 22.5 Å². The van der Waals surface area contributed by atoms with Crippen molar-refractivity contribution in [2.75, 3.05) is 11.9 Å². The number of hydrogen-bond acceptors (Lipinski definition) is 5. The monoisotopic (exact) mass is 429 g/mol. The molecule has 1 aromatic carbocycles. The van der Waals surface area contributed by atoms with Crippen LogP contribution in [0, 0.1) is 11.8 Å². The van der Waals surface area contributed by atoms with E-state index in [1.54, 1.807) is 17.8 Å². The van der Waals surface area contributed by atoms with E-state index in [0.29, 0.717) is 40.0 Å². The van der Waals surface area contributed by atoms with Crippen LogP contribution in [0.1, 0.15) is 37.0 Å². The van der Waals surface area contributed by atoms with Crippen LogP contribution in [0.4, 0.5) is 5.82 Å². The van der Waals surface area contributed by atoms with E-state index in [2.05, 4.69) is 36.1 Å². The van der Waals surface area contributed by atoms with Crippen molar-refractivity contribution < 1.29 is 9.53 Å². The van der Waals surface area contributed by atoms with Crippen LogP contribution in [0.15, 0.2) is 48.1 Å². The zero-order valence-electron chi connectivity index (χ0n) is 16.7. The number of anilines is 1. The van der Waals surface area contributed by atoms with Crippen molar-refractivity contribution in [3.8, 4) is 16.9 Å². The molecule has 1 unspecified atom stereocenters. The van der Waals surface area contributed by atoms with Crippen molar-refractivity contribution in [2.24, 2.45) is 11.8 Å². The van der Waals surface area contributed by atoms with Crippen molar-refractivity contribution in [3.05, 3.63) is 58.1 Å². The van der Waals surface area contributed by atoms with E-state index in [0.717, 1.165) is 17.5 Å². The zero-order valence-corrected chi connectivity index (χ0v) is 18.3. The summed E-state index contributed by atoms with van der Waals surface area (Å²) in [4.78, 5) is 20.4. The third-order valence-corrected chi connectivity index (χ3v) is 5.36. The van der Waals surface area contributed by atoms with Crippen LogP contribution < -0.4 is 10.1 Å². The number of benzene rings is 1. The van der Waals surface area contributed by atoms with E-state index in [4.69, 9.17) is 16.3 Å². The number of nitrogens with one attached hydrogen (secondary N) is 1. The smallest absolute Gasteiger partial charge is 0.285 e. The van der Waals surface area contributed by atoms with Crippen molar-refractivity contribution >= 4 is 34.7 Å². The van der Waals surface area contributed by atoms with Gasteiger partial charge in [-0.1, -0.05) is 38.4 Å². The van der Waals surface area contributed by atoms with E-state index in [-0.39, 0.29) is 5.91 Å². The highest BCUT2D eigenvalue weighted by atomic mass is 35.5. The molecule has 152 valence electrons. The number of nitrogens with zero attached hydrogens (tertiary/aromatic N) is 2. The summed E-state index contributed by atoms with van der Waals surface area (Å²) in [6.45, 7) is 7.24. The molecule has 0 aliphatic carbocycles. The highest BCUT2D eigenvalue weighted by molar-refractivity contribution is 7.11. The Hall–Kier alpha value is -2.44. The van der Waals surface area contributed by atoms with E-state index >= 15 is 0 Å². The Morgan fingerprint density at radius 1 is 1.14 bits per heavy atom. The average molecular weight is 430 g/mol. The van der Waals surface area contributed by atoms with Gasteiger partial charge in [0.2, 0.25) is 0 Å². The largest absolute Gasteiger partial charge is 0.492 e. The summed E-state index contributed by atoms with van der Waals surface area (Å²) in [6.07, 6.45) is 4.36. The molecule has 0 radical (unpaired) electrons. The van der Waals surface area contributed by atoms with Gasteiger partial charge in [-0.2, -0.15) is 0 Å². The van der Waals surface area contributed by atoms with Crippen LogP contribution in [0.3, 0.4) is 0 Å². The summed E-state index contributed by atoms with van der Waals surface area (Å²) in [5.74, 6) is 1.97. The predicted molar refractivity (Wildman–Crippen MR) is 119 cm³/mol. The van der Waals surface area contributed by atoms with Gasteiger partial charge in [-0.05, 0) is 53.6 Å². The summed E-state index contributed by atoms with van der Waals surface area (Å²) in [5.41, 5.74) is 1.82. The Morgan fingerprint density at radius 3 is 2.62 bits per heavy atom. The summed E-state index contributed by atoms with van der Waals surface area (Å²) in [5, 5.41) is 5.48. The average Bonchev–Trinajstić information content (AvgIpc) is 3.21. The van der Waals surface area contributed by atoms with Crippen molar-refractivity contribution in [1.29, 1.82) is 0 Å². The number of thiazole rings is 1. The maximum absolute atomic E-state index is 12.2. The standard InChI is InChI=1S/C22H24ClN3O2S/c1-14(2)10-15(3)13-28-19-5-4-16(11-18(19)23)17-6-7-24-20(12-17)26-21(27)22-25-8-9-29-22/h4-9,11-12,14-15H,10,13H2,1-3H3,(H,24,26,27). The second-order valence-electron chi connectivity index (χ2n) is 7.41. The number of halogens is 1. The van der Waals surface area contributed by atoms with Gasteiger partial charge in [0, 0.05) is 17.8 Å². The SMILES string of the molecule is CC(C)CC(C)COc1ccc(-c2ccnc(NC(=O)c3nccs3)c2)cc1Cl. The molecule has 7 heteroatoms. The number of hydrogen-bond donors (Lipinski definition) is 1. The first kappa shape index (κ1) is 21.3. The van der Waals surface area contributed by atoms with Crippen LogP contribution in [0.2, 0.25) is 5.02 Å². The molecular weight excluding hydrogens is 406 g/mol. The first-order valence-electron chi connectivity index (χ1n) is 9.52. The molecule has 5 nitrogen and oxygen atoms in total. The van der Waals surface area contributed by atoms with Crippen LogP contribution in [-0.2, 0) is 0 Å². The van der Waals surface area contributed by atoms with Gasteiger partial charge in [-0.25, -0.2) is 9.97 Å². The number of pyridine rings is 1. The maximum atomic E-state index is 12.2. The molecule has 3 rings (SSSR count). The van der Waals surface area contributed by atoms with Gasteiger partial charge in [0.25, 0.3) is 5.91 Å². The predicted octanol–water partition coefficient (Wildman–Crippen LogP) is 6.17. The van der Waals surface area contributed by atoms with Crippen molar-refractivity contribution in [1.82, 2.24) is 9.97 Å². The number of rotatable bonds is 8. The summed E-state index contributed by atoms with van der Waals surface area (Å²) in [6, 6.07) is 9.38. The third kappa shape index (κ3) is 6.02. The van der Waals surface area contributed by atoms with Crippen molar-refractivity contribution in [2.45, 2.75) is 27.2 Å². The molecule has 29 heavy (non-hydrogen) atoms. The van der Waals surface area contributed by atoms with Gasteiger partial charge >= 0.3 is 0 Å². The van der Waals surface area contributed by atoms with Crippen LogP contribution in [0.25, 0.3) is 11.1 Å². The fourth-order valence-electron chi connectivity index (χ4n) is 3.09. The second kappa shape index (κ2) is 9.85. The zero-order chi connectivity index (χ0) is 20.8. The molecule has 1 N–H and O–H groups in total. The minimum absolute atomic E-state index is 0.276. The fraction of sp³-hybridized carbons (Fsp3) is 0.318. The van der Waals surface area contributed by atoms with Crippen LogP contribution in [0.5, 0.6) is 5.75 Å². The summed E-state index contributed by atoms with van der Waals surface area (Å²) >= 11 is 7.72. The first-order valence-corrected chi connectivity index (χ1v) is 10.8. The Bertz CT molecular complexity index is 960. The first-order chi connectivity index (χ1) is 13.9. The molecule has 0 saturated carbocycles. The van der Waals surface area contributed by atoms with Gasteiger partial charge in [-0.3, -0.25) is 4.79 Å². The Kier molecular flexibility index (Phi) is 7.23. The van der Waals surface area contributed by atoms with Gasteiger partial charge in [0.1, 0.15) is 11.6 Å². The quantitative estimate of drug-likeness (QED) is 0.464. The van der Waals surface area contributed by atoms with Crippen LogP contribution >= 0.6 is 22.9 Å². The highest BCUT2D eigenvalue weighted by Crippen LogP contribution is 2.31. The molecule has 2 aromatic heterocycles.